The minimum atomic E-state index is -0.0437. The number of nitrogens with one attached hydrogen (secondary N) is 1. The van der Waals surface area contributed by atoms with E-state index in [0.29, 0.717) is 11.4 Å². The molecule has 4 nitrogen and oxygen atoms in total. The van der Waals surface area contributed by atoms with Crippen LogP contribution < -0.4 is 11.1 Å². The molecule has 1 aliphatic rings. The van der Waals surface area contributed by atoms with Crippen molar-refractivity contribution < 1.29 is 4.79 Å². The lowest BCUT2D eigenvalue weighted by molar-refractivity contribution is 0.0919. The van der Waals surface area contributed by atoms with Crippen LogP contribution in [0.25, 0.3) is 0 Å². The van der Waals surface area contributed by atoms with Crippen LogP contribution in [0.5, 0.6) is 0 Å². The Hall–Kier alpha value is -1.58. The summed E-state index contributed by atoms with van der Waals surface area (Å²) in [6.45, 7) is 7.11. The van der Waals surface area contributed by atoms with Crippen LogP contribution in [0.4, 0.5) is 5.82 Å². The number of hydrogen-bond donors (Lipinski definition) is 2. The zero-order valence-electron chi connectivity index (χ0n) is 13.4. The molecule has 1 saturated carbocycles. The van der Waals surface area contributed by atoms with Crippen molar-refractivity contribution in [2.45, 2.75) is 58.8 Å². The predicted molar refractivity (Wildman–Crippen MR) is 86.3 cm³/mol. The van der Waals surface area contributed by atoms with Crippen molar-refractivity contribution in [1.29, 1.82) is 0 Å². The lowest BCUT2D eigenvalue weighted by Gasteiger charge is -2.33. The highest BCUT2D eigenvalue weighted by atomic mass is 16.1. The lowest BCUT2D eigenvalue weighted by atomic mass is 9.76. The molecular formula is C17H27N3O. The van der Waals surface area contributed by atoms with E-state index in [1.54, 1.807) is 6.07 Å². The third-order valence-corrected chi connectivity index (χ3v) is 4.46. The quantitative estimate of drug-likeness (QED) is 0.891. The van der Waals surface area contributed by atoms with Gasteiger partial charge in [-0.2, -0.15) is 0 Å². The summed E-state index contributed by atoms with van der Waals surface area (Å²) in [4.78, 5) is 16.6. The molecule has 0 aliphatic heterocycles. The van der Waals surface area contributed by atoms with Gasteiger partial charge in [-0.3, -0.25) is 4.79 Å². The van der Waals surface area contributed by atoms with Gasteiger partial charge in [0.15, 0.2) is 0 Å². The van der Waals surface area contributed by atoms with Gasteiger partial charge in [0.25, 0.3) is 5.91 Å². The molecule has 0 saturated heterocycles. The standard InChI is InChI=1S/C17H27N3O/c1-12(2)14-9-13(10-15(18)20-14)16(21)19-11-17(3)7-5-4-6-8-17/h9-10,12H,4-8,11H2,1-3H3,(H2,18,20)(H,19,21). The molecule has 1 aromatic rings. The Morgan fingerprint density at radius 3 is 2.62 bits per heavy atom. The molecule has 3 N–H and O–H groups in total. The molecule has 116 valence electrons. The Morgan fingerprint density at radius 2 is 2.00 bits per heavy atom. The number of aromatic nitrogens is 1. The van der Waals surface area contributed by atoms with Crippen molar-refractivity contribution in [1.82, 2.24) is 10.3 Å². The van der Waals surface area contributed by atoms with Crippen molar-refractivity contribution in [2.24, 2.45) is 5.41 Å². The topological polar surface area (TPSA) is 68.0 Å². The smallest absolute Gasteiger partial charge is 0.251 e. The first-order chi connectivity index (χ1) is 9.89. The second kappa shape index (κ2) is 6.46. The van der Waals surface area contributed by atoms with Gasteiger partial charge in [-0.25, -0.2) is 4.98 Å². The maximum atomic E-state index is 12.4. The molecule has 0 aromatic carbocycles. The Morgan fingerprint density at radius 1 is 1.33 bits per heavy atom. The van der Waals surface area contributed by atoms with Gasteiger partial charge in [0, 0.05) is 17.8 Å². The van der Waals surface area contributed by atoms with Gasteiger partial charge < -0.3 is 11.1 Å². The predicted octanol–water partition coefficient (Wildman–Crippen LogP) is 3.49. The van der Waals surface area contributed by atoms with Gasteiger partial charge in [0.2, 0.25) is 0 Å². The first kappa shape index (κ1) is 15.8. The molecule has 1 fully saturated rings. The van der Waals surface area contributed by atoms with Crippen LogP contribution in [0.15, 0.2) is 12.1 Å². The molecule has 0 unspecified atom stereocenters. The molecule has 0 radical (unpaired) electrons. The van der Waals surface area contributed by atoms with Crippen LogP contribution in [-0.4, -0.2) is 17.4 Å². The Balaban J connectivity index is 2.03. The summed E-state index contributed by atoms with van der Waals surface area (Å²) in [5, 5.41) is 3.08. The molecular weight excluding hydrogens is 262 g/mol. The highest BCUT2D eigenvalue weighted by molar-refractivity contribution is 5.95. The lowest BCUT2D eigenvalue weighted by Crippen LogP contribution is -2.37. The largest absolute Gasteiger partial charge is 0.384 e. The zero-order chi connectivity index (χ0) is 15.5. The van der Waals surface area contributed by atoms with E-state index in [0.717, 1.165) is 12.2 Å². The Bertz CT molecular complexity index is 505. The summed E-state index contributed by atoms with van der Waals surface area (Å²) in [7, 11) is 0. The van der Waals surface area contributed by atoms with E-state index in [-0.39, 0.29) is 17.2 Å². The zero-order valence-corrected chi connectivity index (χ0v) is 13.4. The maximum absolute atomic E-state index is 12.4. The monoisotopic (exact) mass is 289 g/mol. The van der Waals surface area contributed by atoms with Crippen LogP contribution >= 0.6 is 0 Å². The van der Waals surface area contributed by atoms with Gasteiger partial charge in [-0.15, -0.1) is 0 Å². The van der Waals surface area contributed by atoms with E-state index in [2.05, 4.69) is 17.2 Å². The minimum absolute atomic E-state index is 0.0437. The fraction of sp³-hybridized carbons (Fsp3) is 0.647. The summed E-state index contributed by atoms with van der Waals surface area (Å²) in [6.07, 6.45) is 6.26. The molecule has 1 aromatic heterocycles. The summed E-state index contributed by atoms with van der Waals surface area (Å²) in [5.74, 6) is 0.629. The van der Waals surface area contributed by atoms with Gasteiger partial charge >= 0.3 is 0 Å². The summed E-state index contributed by atoms with van der Waals surface area (Å²) in [6, 6.07) is 3.50. The second-order valence-corrected chi connectivity index (χ2v) is 6.91. The molecule has 2 rings (SSSR count). The average molecular weight is 289 g/mol. The van der Waals surface area contributed by atoms with E-state index < -0.39 is 0 Å². The SMILES string of the molecule is CC(C)c1cc(C(=O)NCC2(C)CCCCC2)cc(N)n1. The third kappa shape index (κ3) is 4.19. The fourth-order valence-electron chi connectivity index (χ4n) is 2.98. The number of nitrogens with zero attached hydrogens (tertiary/aromatic N) is 1. The molecule has 1 amide bonds. The van der Waals surface area contributed by atoms with Crippen LogP contribution in [-0.2, 0) is 0 Å². The van der Waals surface area contributed by atoms with Crippen molar-refractivity contribution in [3.8, 4) is 0 Å². The summed E-state index contributed by atoms with van der Waals surface area (Å²) < 4.78 is 0. The number of hydrogen-bond acceptors (Lipinski definition) is 3. The Labute approximate surface area is 127 Å². The molecule has 1 heterocycles. The molecule has 0 atom stereocenters. The van der Waals surface area contributed by atoms with Gasteiger partial charge in [0.05, 0.1) is 0 Å². The van der Waals surface area contributed by atoms with Gasteiger partial charge in [-0.1, -0.05) is 40.0 Å². The number of anilines is 1. The third-order valence-electron chi connectivity index (χ3n) is 4.46. The van der Waals surface area contributed by atoms with E-state index in [1.165, 1.54) is 32.1 Å². The van der Waals surface area contributed by atoms with Crippen molar-refractivity contribution >= 4 is 11.7 Å². The van der Waals surface area contributed by atoms with Crippen molar-refractivity contribution in [2.75, 3.05) is 12.3 Å². The van der Waals surface area contributed by atoms with Gasteiger partial charge in [-0.05, 0) is 36.3 Å². The maximum Gasteiger partial charge on any atom is 0.251 e. The van der Waals surface area contributed by atoms with Crippen LogP contribution in [0, 0.1) is 5.41 Å². The van der Waals surface area contributed by atoms with E-state index in [9.17, 15) is 4.79 Å². The average Bonchev–Trinajstić information content (AvgIpc) is 2.45. The van der Waals surface area contributed by atoms with Crippen LogP contribution in [0.3, 0.4) is 0 Å². The molecule has 0 spiro atoms. The van der Waals surface area contributed by atoms with Crippen molar-refractivity contribution in [3.63, 3.8) is 0 Å². The number of carbonyl (C=O) groups excluding carboxylic acids is 1. The fourth-order valence-corrected chi connectivity index (χ4v) is 2.98. The first-order valence-electron chi connectivity index (χ1n) is 7.95. The van der Waals surface area contributed by atoms with Crippen LogP contribution in [0.1, 0.15) is 74.8 Å². The highest BCUT2D eigenvalue weighted by Gasteiger charge is 2.27. The summed E-state index contributed by atoms with van der Waals surface area (Å²) >= 11 is 0. The first-order valence-corrected chi connectivity index (χ1v) is 7.95. The van der Waals surface area contributed by atoms with E-state index in [1.807, 2.05) is 19.9 Å². The molecule has 21 heavy (non-hydrogen) atoms. The number of pyridine rings is 1. The Kier molecular flexibility index (Phi) is 4.86. The van der Waals surface area contributed by atoms with E-state index >= 15 is 0 Å². The minimum Gasteiger partial charge on any atom is -0.384 e. The molecule has 1 aliphatic carbocycles. The molecule has 0 bridgehead atoms. The number of nitrogen functional groups attached to an aromatic ring is 1. The van der Waals surface area contributed by atoms with Crippen molar-refractivity contribution in [3.05, 3.63) is 23.4 Å². The van der Waals surface area contributed by atoms with E-state index in [4.69, 9.17) is 5.73 Å². The second-order valence-electron chi connectivity index (χ2n) is 6.91. The number of nitrogens with two attached hydrogens (primary N) is 1. The highest BCUT2D eigenvalue weighted by Crippen LogP contribution is 2.35. The number of rotatable bonds is 4. The van der Waals surface area contributed by atoms with Crippen LogP contribution in [0.2, 0.25) is 0 Å². The van der Waals surface area contributed by atoms with Gasteiger partial charge in [0.1, 0.15) is 5.82 Å². The number of amides is 1. The molecule has 4 heteroatoms. The normalized spacial score (nSPS) is 17.7. The summed E-state index contributed by atoms with van der Waals surface area (Å²) in [5.41, 5.74) is 7.53. The number of carbonyl (C=O) groups is 1.